The van der Waals surface area contributed by atoms with Gasteiger partial charge in [0.05, 0.1) is 12.8 Å². The first kappa shape index (κ1) is 11.5. The molecule has 2 aromatic heterocycles. The molecule has 5 nitrogen and oxygen atoms in total. The van der Waals surface area contributed by atoms with Crippen LogP contribution >= 0.6 is 0 Å². The summed E-state index contributed by atoms with van der Waals surface area (Å²) in [4.78, 5) is 0. The lowest BCUT2D eigenvalue weighted by Crippen LogP contribution is -2.00. The molecular formula is C14H13N3O2. The van der Waals surface area contributed by atoms with Gasteiger partial charge in [-0.25, -0.2) is 0 Å². The van der Waals surface area contributed by atoms with Crippen LogP contribution < -0.4 is 5.32 Å². The lowest BCUT2D eigenvalue weighted by molar-refractivity contribution is 0.518. The van der Waals surface area contributed by atoms with Crippen molar-refractivity contribution in [2.45, 2.75) is 13.5 Å². The molecule has 0 fully saturated rings. The van der Waals surface area contributed by atoms with Gasteiger partial charge in [-0.15, -0.1) is 10.2 Å². The van der Waals surface area contributed by atoms with Crippen LogP contribution in [0.4, 0.5) is 5.69 Å². The highest BCUT2D eigenvalue weighted by Gasteiger charge is 2.07. The Hall–Kier alpha value is -2.56. The van der Waals surface area contributed by atoms with E-state index >= 15 is 0 Å². The monoisotopic (exact) mass is 255 g/mol. The summed E-state index contributed by atoms with van der Waals surface area (Å²) >= 11 is 0. The maximum Gasteiger partial charge on any atom is 0.247 e. The highest BCUT2D eigenvalue weighted by molar-refractivity contribution is 5.64. The van der Waals surface area contributed by atoms with E-state index in [9.17, 15) is 0 Å². The van der Waals surface area contributed by atoms with Gasteiger partial charge in [0.15, 0.2) is 0 Å². The number of anilines is 1. The molecule has 19 heavy (non-hydrogen) atoms. The fourth-order valence-electron chi connectivity index (χ4n) is 1.84. The number of hydrogen-bond acceptors (Lipinski definition) is 5. The minimum atomic E-state index is 0.515. The molecule has 0 unspecified atom stereocenters. The van der Waals surface area contributed by atoms with E-state index in [0.717, 1.165) is 22.6 Å². The number of nitrogens with zero attached hydrogens (tertiary/aromatic N) is 2. The van der Waals surface area contributed by atoms with Crippen molar-refractivity contribution in [3.8, 4) is 11.5 Å². The lowest BCUT2D eigenvalue weighted by Gasteiger charge is -2.09. The summed E-state index contributed by atoms with van der Waals surface area (Å²) in [6.45, 7) is 2.68. The van der Waals surface area contributed by atoms with Gasteiger partial charge in [-0.05, 0) is 36.8 Å². The summed E-state index contributed by atoms with van der Waals surface area (Å²) in [6.07, 6.45) is 2.99. The van der Waals surface area contributed by atoms with Gasteiger partial charge in [-0.3, -0.25) is 0 Å². The number of rotatable bonds is 4. The first-order valence-electron chi connectivity index (χ1n) is 5.96. The number of benzene rings is 1. The van der Waals surface area contributed by atoms with Gasteiger partial charge in [0.25, 0.3) is 0 Å². The average molecular weight is 255 g/mol. The average Bonchev–Trinajstić information content (AvgIpc) is 3.11. The normalized spacial score (nSPS) is 10.6. The summed E-state index contributed by atoms with van der Waals surface area (Å²) in [5.41, 5.74) is 3.06. The Bertz CT molecular complexity index is 645. The molecule has 0 amide bonds. The van der Waals surface area contributed by atoms with Crippen molar-refractivity contribution in [1.29, 1.82) is 0 Å². The summed E-state index contributed by atoms with van der Waals surface area (Å²) < 4.78 is 10.5. The van der Waals surface area contributed by atoms with Gasteiger partial charge in [0, 0.05) is 11.3 Å². The SMILES string of the molecule is Cc1ccc(-c2nnco2)cc1NCc1ccco1. The first-order valence-corrected chi connectivity index (χ1v) is 5.96. The van der Waals surface area contributed by atoms with Crippen molar-refractivity contribution in [2.75, 3.05) is 5.32 Å². The molecule has 0 saturated carbocycles. The molecule has 0 aliphatic heterocycles. The topological polar surface area (TPSA) is 64.1 Å². The maximum absolute atomic E-state index is 5.29. The Morgan fingerprint density at radius 3 is 2.89 bits per heavy atom. The maximum atomic E-state index is 5.29. The van der Waals surface area contributed by atoms with E-state index in [0.29, 0.717) is 12.4 Å². The number of furan rings is 1. The van der Waals surface area contributed by atoms with Gasteiger partial charge < -0.3 is 14.2 Å². The quantitative estimate of drug-likeness (QED) is 0.775. The van der Waals surface area contributed by atoms with Gasteiger partial charge in [0.1, 0.15) is 5.76 Å². The Morgan fingerprint density at radius 2 is 2.16 bits per heavy atom. The van der Waals surface area contributed by atoms with Crippen molar-refractivity contribution in [1.82, 2.24) is 10.2 Å². The molecule has 2 heterocycles. The van der Waals surface area contributed by atoms with Gasteiger partial charge in [0.2, 0.25) is 12.3 Å². The molecule has 0 spiro atoms. The van der Waals surface area contributed by atoms with E-state index < -0.39 is 0 Å². The first-order chi connectivity index (χ1) is 9.33. The predicted molar refractivity (Wildman–Crippen MR) is 70.5 cm³/mol. The molecule has 5 heteroatoms. The van der Waals surface area contributed by atoms with Crippen molar-refractivity contribution in [2.24, 2.45) is 0 Å². The Labute approximate surface area is 110 Å². The fraction of sp³-hybridized carbons (Fsp3) is 0.143. The third kappa shape index (κ3) is 2.49. The highest BCUT2D eigenvalue weighted by Crippen LogP contribution is 2.24. The highest BCUT2D eigenvalue weighted by atomic mass is 16.4. The molecule has 0 atom stereocenters. The standard InChI is InChI=1S/C14H13N3O2/c1-10-4-5-11(14-17-16-9-19-14)7-13(10)15-8-12-3-2-6-18-12/h2-7,9,15H,8H2,1H3. The lowest BCUT2D eigenvalue weighted by atomic mass is 10.1. The van der Waals surface area contributed by atoms with E-state index in [-0.39, 0.29) is 0 Å². The zero-order chi connectivity index (χ0) is 13.1. The number of aryl methyl sites for hydroxylation is 1. The third-order valence-corrected chi connectivity index (χ3v) is 2.88. The van der Waals surface area contributed by atoms with E-state index in [1.807, 2.05) is 37.3 Å². The van der Waals surface area contributed by atoms with Crippen molar-refractivity contribution in [3.05, 3.63) is 54.3 Å². The molecule has 1 N–H and O–H groups in total. The summed E-state index contributed by atoms with van der Waals surface area (Å²) in [7, 11) is 0. The number of nitrogens with one attached hydrogen (secondary N) is 1. The van der Waals surface area contributed by atoms with Crippen LogP contribution in [0.15, 0.2) is 51.8 Å². The second kappa shape index (κ2) is 4.97. The molecule has 0 aliphatic rings. The van der Waals surface area contributed by atoms with Crippen molar-refractivity contribution in [3.63, 3.8) is 0 Å². The van der Waals surface area contributed by atoms with E-state index in [2.05, 4.69) is 15.5 Å². The van der Waals surface area contributed by atoms with Crippen molar-refractivity contribution < 1.29 is 8.83 Å². The third-order valence-electron chi connectivity index (χ3n) is 2.88. The van der Waals surface area contributed by atoms with Gasteiger partial charge >= 0.3 is 0 Å². The van der Waals surface area contributed by atoms with Gasteiger partial charge in [-0.1, -0.05) is 6.07 Å². The van der Waals surface area contributed by atoms with E-state index in [1.165, 1.54) is 6.39 Å². The van der Waals surface area contributed by atoms with Crippen LogP contribution in [0.1, 0.15) is 11.3 Å². The Morgan fingerprint density at radius 1 is 1.21 bits per heavy atom. The van der Waals surface area contributed by atoms with Crippen LogP contribution in [0.2, 0.25) is 0 Å². The smallest absolute Gasteiger partial charge is 0.247 e. The van der Waals surface area contributed by atoms with Crippen LogP contribution in [-0.2, 0) is 6.54 Å². The predicted octanol–water partition coefficient (Wildman–Crippen LogP) is 3.25. The number of hydrogen-bond donors (Lipinski definition) is 1. The minimum Gasteiger partial charge on any atom is -0.467 e. The van der Waals surface area contributed by atoms with Crippen LogP contribution in [0.25, 0.3) is 11.5 Å². The largest absolute Gasteiger partial charge is 0.467 e. The molecule has 3 rings (SSSR count). The van der Waals surface area contributed by atoms with E-state index in [1.54, 1.807) is 6.26 Å². The zero-order valence-electron chi connectivity index (χ0n) is 10.5. The minimum absolute atomic E-state index is 0.515. The second-order valence-corrected chi connectivity index (χ2v) is 4.21. The van der Waals surface area contributed by atoms with Crippen LogP contribution in [0.5, 0.6) is 0 Å². The van der Waals surface area contributed by atoms with Crippen LogP contribution in [-0.4, -0.2) is 10.2 Å². The molecule has 96 valence electrons. The molecule has 0 radical (unpaired) electrons. The molecule has 0 aliphatic carbocycles. The van der Waals surface area contributed by atoms with Gasteiger partial charge in [-0.2, -0.15) is 0 Å². The summed E-state index contributed by atoms with van der Waals surface area (Å²) in [5, 5.41) is 10.9. The Balaban J connectivity index is 1.82. The van der Waals surface area contributed by atoms with Crippen LogP contribution in [0.3, 0.4) is 0 Å². The van der Waals surface area contributed by atoms with Crippen LogP contribution in [0, 0.1) is 6.92 Å². The summed E-state index contributed by atoms with van der Waals surface area (Å²) in [5.74, 6) is 1.41. The van der Waals surface area contributed by atoms with Crippen molar-refractivity contribution >= 4 is 5.69 Å². The molecule has 3 aromatic rings. The fourth-order valence-corrected chi connectivity index (χ4v) is 1.84. The zero-order valence-corrected chi connectivity index (χ0v) is 10.5. The summed E-state index contributed by atoms with van der Waals surface area (Å²) in [6, 6.07) is 9.78. The molecule has 1 aromatic carbocycles. The number of aromatic nitrogens is 2. The Kier molecular flexibility index (Phi) is 3.02. The molecule has 0 saturated heterocycles. The van der Waals surface area contributed by atoms with E-state index in [4.69, 9.17) is 8.83 Å². The molecule has 0 bridgehead atoms. The second-order valence-electron chi connectivity index (χ2n) is 4.21. The molecular weight excluding hydrogens is 242 g/mol.